The first-order valence-electron chi connectivity index (χ1n) is 7.15. The third-order valence-corrected chi connectivity index (χ3v) is 4.88. The van der Waals surface area contributed by atoms with Crippen molar-refractivity contribution in [2.45, 2.75) is 70.4 Å². The molecule has 2 fully saturated rings. The standard InChI is InChI=1S/C14H28N2/c1-3-12-6-7-14(9-12,10-15)16-13-5-4-11(2)8-13/h11-13,16H,3-10,15H2,1-2H3. The second-order valence-corrected chi connectivity index (χ2v) is 6.26. The van der Waals surface area contributed by atoms with Gasteiger partial charge >= 0.3 is 0 Å². The average Bonchev–Trinajstić information content (AvgIpc) is 2.87. The van der Waals surface area contributed by atoms with Crippen LogP contribution in [0.4, 0.5) is 0 Å². The molecule has 0 spiro atoms. The van der Waals surface area contributed by atoms with E-state index in [1.165, 1.54) is 44.9 Å². The van der Waals surface area contributed by atoms with Crippen molar-refractivity contribution in [3.05, 3.63) is 0 Å². The molecule has 0 saturated heterocycles. The lowest BCUT2D eigenvalue weighted by molar-refractivity contribution is 0.283. The molecule has 0 amide bonds. The normalized spacial score (nSPS) is 44.1. The van der Waals surface area contributed by atoms with Crippen LogP contribution < -0.4 is 11.1 Å². The highest BCUT2D eigenvalue weighted by Crippen LogP contribution is 2.37. The van der Waals surface area contributed by atoms with Gasteiger partial charge in [-0.15, -0.1) is 0 Å². The van der Waals surface area contributed by atoms with E-state index in [9.17, 15) is 0 Å². The zero-order valence-corrected chi connectivity index (χ0v) is 11.0. The Morgan fingerprint density at radius 1 is 1.31 bits per heavy atom. The van der Waals surface area contributed by atoms with Crippen LogP contribution in [0.25, 0.3) is 0 Å². The summed E-state index contributed by atoms with van der Waals surface area (Å²) in [5, 5.41) is 3.91. The molecule has 0 aliphatic heterocycles. The van der Waals surface area contributed by atoms with E-state index < -0.39 is 0 Å². The molecule has 2 aliphatic rings. The molecule has 0 heterocycles. The van der Waals surface area contributed by atoms with Crippen molar-refractivity contribution in [1.82, 2.24) is 5.32 Å². The summed E-state index contributed by atoms with van der Waals surface area (Å²) in [6.45, 7) is 5.52. The molecule has 4 unspecified atom stereocenters. The van der Waals surface area contributed by atoms with Gasteiger partial charge in [0.25, 0.3) is 0 Å². The molecule has 2 rings (SSSR count). The van der Waals surface area contributed by atoms with E-state index in [2.05, 4.69) is 19.2 Å². The molecule has 0 bridgehead atoms. The molecule has 2 saturated carbocycles. The quantitative estimate of drug-likeness (QED) is 0.770. The lowest BCUT2D eigenvalue weighted by Gasteiger charge is -2.33. The minimum absolute atomic E-state index is 0.287. The molecule has 94 valence electrons. The van der Waals surface area contributed by atoms with Crippen LogP contribution in [0.1, 0.15) is 58.8 Å². The van der Waals surface area contributed by atoms with Gasteiger partial charge < -0.3 is 11.1 Å². The first kappa shape index (κ1) is 12.4. The number of rotatable bonds is 4. The first-order chi connectivity index (χ1) is 7.67. The number of nitrogens with two attached hydrogens (primary N) is 1. The summed E-state index contributed by atoms with van der Waals surface area (Å²) < 4.78 is 0. The van der Waals surface area contributed by atoms with E-state index in [1.807, 2.05) is 0 Å². The Morgan fingerprint density at radius 3 is 2.62 bits per heavy atom. The first-order valence-corrected chi connectivity index (χ1v) is 7.15. The second-order valence-electron chi connectivity index (χ2n) is 6.26. The van der Waals surface area contributed by atoms with Crippen molar-refractivity contribution >= 4 is 0 Å². The van der Waals surface area contributed by atoms with E-state index in [0.29, 0.717) is 0 Å². The van der Waals surface area contributed by atoms with Crippen molar-refractivity contribution < 1.29 is 0 Å². The Labute approximate surface area is 100 Å². The van der Waals surface area contributed by atoms with Crippen LogP contribution in [0.2, 0.25) is 0 Å². The summed E-state index contributed by atoms with van der Waals surface area (Å²) >= 11 is 0. The van der Waals surface area contributed by atoms with Gasteiger partial charge in [0.15, 0.2) is 0 Å². The summed E-state index contributed by atoms with van der Waals surface area (Å²) in [7, 11) is 0. The molecular formula is C14H28N2. The Hall–Kier alpha value is -0.0800. The minimum Gasteiger partial charge on any atom is -0.329 e. The molecule has 0 aromatic heterocycles. The second kappa shape index (κ2) is 5.05. The monoisotopic (exact) mass is 224 g/mol. The largest absolute Gasteiger partial charge is 0.329 e. The zero-order valence-electron chi connectivity index (χ0n) is 11.0. The molecule has 0 aromatic rings. The van der Waals surface area contributed by atoms with Crippen molar-refractivity contribution in [1.29, 1.82) is 0 Å². The molecule has 2 nitrogen and oxygen atoms in total. The highest BCUT2D eigenvalue weighted by molar-refractivity contribution is 4.99. The highest BCUT2D eigenvalue weighted by Gasteiger charge is 2.39. The van der Waals surface area contributed by atoms with Gasteiger partial charge in [-0.25, -0.2) is 0 Å². The maximum Gasteiger partial charge on any atom is 0.0309 e. The Morgan fingerprint density at radius 2 is 2.12 bits per heavy atom. The molecular weight excluding hydrogens is 196 g/mol. The topological polar surface area (TPSA) is 38.0 Å². The predicted molar refractivity (Wildman–Crippen MR) is 69.4 cm³/mol. The van der Waals surface area contributed by atoms with Crippen molar-refractivity contribution in [3.63, 3.8) is 0 Å². The van der Waals surface area contributed by atoms with Gasteiger partial charge in [0.1, 0.15) is 0 Å². The fraction of sp³-hybridized carbons (Fsp3) is 1.00. The van der Waals surface area contributed by atoms with Crippen LogP contribution in [-0.2, 0) is 0 Å². The average molecular weight is 224 g/mol. The van der Waals surface area contributed by atoms with Gasteiger partial charge in [0, 0.05) is 18.1 Å². The number of hydrogen-bond donors (Lipinski definition) is 2. The van der Waals surface area contributed by atoms with Crippen LogP contribution in [0.3, 0.4) is 0 Å². The molecule has 2 heteroatoms. The van der Waals surface area contributed by atoms with Gasteiger partial charge in [0.05, 0.1) is 0 Å². The maximum absolute atomic E-state index is 6.04. The summed E-state index contributed by atoms with van der Waals surface area (Å²) in [5.41, 5.74) is 6.32. The van der Waals surface area contributed by atoms with Gasteiger partial charge in [0.2, 0.25) is 0 Å². The fourth-order valence-electron chi connectivity index (χ4n) is 3.73. The van der Waals surface area contributed by atoms with Gasteiger partial charge in [-0.3, -0.25) is 0 Å². The maximum atomic E-state index is 6.04. The third kappa shape index (κ3) is 2.60. The van der Waals surface area contributed by atoms with Crippen molar-refractivity contribution in [2.24, 2.45) is 17.6 Å². The Kier molecular flexibility index (Phi) is 3.91. The van der Waals surface area contributed by atoms with Crippen molar-refractivity contribution in [3.8, 4) is 0 Å². The molecule has 16 heavy (non-hydrogen) atoms. The molecule has 0 aromatic carbocycles. The highest BCUT2D eigenvalue weighted by atomic mass is 15.0. The summed E-state index contributed by atoms with van der Waals surface area (Å²) in [4.78, 5) is 0. The molecule has 4 atom stereocenters. The number of nitrogens with one attached hydrogen (secondary N) is 1. The summed E-state index contributed by atoms with van der Waals surface area (Å²) in [6.07, 6.45) is 9.43. The number of hydrogen-bond acceptors (Lipinski definition) is 2. The lowest BCUT2D eigenvalue weighted by atomic mass is 9.93. The summed E-state index contributed by atoms with van der Waals surface area (Å²) in [6, 6.07) is 0.745. The third-order valence-electron chi connectivity index (χ3n) is 4.88. The smallest absolute Gasteiger partial charge is 0.0309 e. The van der Waals surface area contributed by atoms with Crippen LogP contribution in [0.15, 0.2) is 0 Å². The zero-order chi connectivity index (χ0) is 11.6. The molecule has 2 aliphatic carbocycles. The van der Waals surface area contributed by atoms with Gasteiger partial charge in [-0.2, -0.15) is 0 Å². The Balaban J connectivity index is 1.90. The van der Waals surface area contributed by atoms with E-state index in [-0.39, 0.29) is 5.54 Å². The minimum atomic E-state index is 0.287. The molecule has 3 N–H and O–H groups in total. The van der Waals surface area contributed by atoms with Gasteiger partial charge in [-0.1, -0.05) is 20.3 Å². The van der Waals surface area contributed by atoms with E-state index in [0.717, 1.165) is 24.4 Å². The SMILES string of the molecule is CCC1CCC(CN)(NC2CCC(C)C2)C1. The predicted octanol–water partition coefficient (Wildman–Crippen LogP) is 2.67. The summed E-state index contributed by atoms with van der Waals surface area (Å²) in [5.74, 6) is 1.82. The van der Waals surface area contributed by atoms with Crippen LogP contribution in [-0.4, -0.2) is 18.1 Å². The lowest BCUT2D eigenvalue weighted by Crippen LogP contribution is -2.53. The fourth-order valence-corrected chi connectivity index (χ4v) is 3.73. The Bertz CT molecular complexity index is 229. The van der Waals surface area contributed by atoms with E-state index in [4.69, 9.17) is 5.73 Å². The van der Waals surface area contributed by atoms with Crippen LogP contribution >= 0.6 is 0 Å². The van der Waals surface area contributed by atoms with E-state index in [1.54, 1.807) is 0 Å². The van der Waals surface area contributed by atoms with Crippen LogP contribution in [0, 0.1) is 11.8 Å². The van der Waals surface area contributed by atoms with Crippen LogP contribution in [0.5, 0.6) is 0 Å². The van der Waals surface area contributed by atoms with E-state index >= 15 is 0 Å². The van der Waals surface area contributed by atoms with Gasteiger partial charge in [-0.05, 0) is 50.4 Å². The molecule has 0 radical (unpaired) electrons. The van der Waals surface area contributed by atoms with Crippen molar-refractivity contribution in [2.75, 3.05) is 6.54 Å².